The first-order valence-corrected chi connectivity index (χ1v) is 7.57. The van der Waals surface area contributed by atoms with Gasteiger partial charge in [-0.15, -0.1) is 11.3 Å². The summed E-state index contributed by atoms with van der Waals surface area (Å²) in [6, 6.07) is 7.08. The van der Waals surface area contributed by atoms with E-state index in [0.29, 0.717) is 16.5 Å². The van der Waals surface area contributed by atoms with E-state index >= 15 is 0 Å². The highest BCUT2D eigenvalue weighted by atomic mass is 79.9. The van der Waals surface area contributed by atoms with E-state index in [1.165, 1.54) is 11.3 Å². The minimum Gasteiger partial charge on any atom is -0.293 e. The molecule has 94 valence electrons. The molecule has 0 spiro atoms. The zero-order valence-corrected chi connectivity index (χ0v) is 13.4. The van der Waals surface area contributed by atoms with Gasteiger partial charge in [0.05, 0.1) is 8.66 Å². The molecular formula is C13H9BrCl2OS. The summed E-state index contributed by atoms with van der Waals surface area (Å²) in [5, 5.41) is 1.11. The van der Waals surface area contributed by atoms with E-state index < -0.39 is 0 Å². The Hall–Kier alpha value is -0.350. The molecule has 0 saturated carbocycles. The first-order chi connectivity index (χ1) is 8.47. The Morgan fingerprint density at radius 2 is 2.06 bits per heavy atom. The molecule has 1 heterocycles. The van der Waals surface area contributed by atoms with Crippen molar-refractivity contribution in [3.63, 3.8) is 0 Å². The molecule has 2 aromatic rings. The molecule has 0 aliphatic heterocycles. The van der Waals surface area contributed by atoms with Crippen molar-refractivity contribution in [3.05, 3.63) is 54.1 Å². The highest BCUT2D eigenvalue weighted by molar-refractivity contribution is 9.11. The monoisotopic (exact) mass is 362 g/mol. The third kappa shape index (κ3) is 3.15. The van der Waals surface area contributed by atoms with Gasteiger partial charge in [-0.3, -0.25) is 4.79 Å². The van der Waals surface area contributed by atoms with Crippen molar-refractivity contribution in [2.75, 3.05) is 0 Å². The second kappa shape index (κ2) is 5.74. The number of Topliss-reactive ketones (excluding diaryl/α,β-unsaturated/α-hetero) is 1. The van der Waals surface area contributed by atoms with Gasteiger partial charge < -0.3 is 0 Å². The Morgan fingerprint density at radius 3 is 2.61 bits per heavy atom. The van der Waals surface area contributed by atoms with Crippen molar-refractivity contribution in [2.45, 2.75) is 13.3 Å². The molecule has 0 unspecified atom stereocenters. The minimum atomic E-state index is 0.0676. The van der Waals surface area contributed by atoms with Gasteiger partial charge in [-0.05, 0) is 52.2 Å². The molecule has 0 aliphatic rings. The summed E-state index contributed by atoms with van der Waals surface area (Å²) in [7, 11) is 0. The third-order valence-electron chi connectivity index (χ3n) is 2.50. The number of hydrogen-bond donors (Lipinski definition) is 0. The highest BCUT2D eigenvalue weighted by Crippen LogP contribution is 2.29. The number of thiophene rings is 1. The first-order valence-electron chi connectivity index (χ1n) is 5.20. The number of rotatable bonds is 3. The maximum atomic E-state index is 12.1. The smallest absolute Gasteiger partial charge is 0.177 e. The van der Waals surface area contributed by atoms with Gasteiger partial charge in [0.1, 0.15) is 0 Å². The summed E-state index contributed by atoms with van der Waals surface area (Å²) in [5.41, 5.74) is 1.87. The van der Waals surface area contributed by atoms with Crippen molar-refractivity contribution in [2.24, 2.45) is 0 Å². The van der Waals surface area contributed by atoms with Crippen molar-refractivity contribution < 1.29 is 4.79 Å². The predicted molar refractivity (Wildman–Crippen MR) is 81.3 cm³/mol. The number of carbonyl (C=O) groups is 1. The van der Waals surface area contributed by atoms with Crippen LogP contribution in [0.2, 0.25) is 10.0 Å². The van der Waals surface area contributed by atoms with E-state index in [4.69, 9.17) is 23.2 Å². The number of benzene rings is 1. The lowest BCUT2D eigenvalue weighted by molar-refractivity contribution is 0.0997. The van der Waals surface area contributed by atoms with Crippen LogP contribution in [0.3, 0.4) is 0 Å². The van der Waals surface area contributed by atoms with Crippen LogP contribution in [0.4, 0.5) is 0 Å². The van der Waals surface area contributed by atoms with E-state index in [1.54, 1.807) is 18.2 Å². The molecule has 2 rings (SSSR count). The lowest BCUT2D eigenvalue weighted by Gasteiger charge is -2.02. The maximum absolute atomic E-state index is 12.1. The number of hydrogen-bond acceptors (Lipinski definition) is 2. The lowest BCUT2D eigenvalue weighted by Crippen LogP contribution is -2.01. The topological polar surface area (TPSA) is 17.1 Å². The average Bonchev–Trinajstić information content (AvgIpc) is 2.63. The molecule has 5 heteroatoms. The number of ketones is 1. The standard InChI is InChI=1S/C13H9BrCl2OS/c1-7-4-12(18-13(7)14)11(17)5-8-2-3-9(15)6-10(8)16/h2-4,6H,5H2,1H3. The average molecular weight is 364 g/mol. The van der Waals surface area contributed by atoms with Crippen LogP contribution in [0.15, 0.2) is 28.1 Å². The second-order valence-electron chi connectivity index (χ2n) is 3.90. The highest BCUT2D eigenvalue weighted by Gasteiger charge is 2.13. The molecule has 0 radical (unpaired) electrons. The van der Waals surface area contributed by atoms with Gasteiger partial charge >= 0.3 is 0 Å². The number of halogens is 3. The molecule has 18 heavy (non-hydrogen) atoms. The molecule has 0 amide bonds. The summed E-state index contributed by atoms with van der Waals surface area (Å²) in [6.45, 7) is 1.96. The summed E-state index contributed by atoms with van der Waals surface area (Å²) < 4.78 is 0.994. The first kappa shape index (κ1) is 14.1. The van der Waals surface area contributed by atoms with Crippen molar-refractivity contribution in [1.29, 1.82) is 0 Å². The van der Waals surface area contributed by atoms with Crippen LogP contribution in [0, 0.1) is 6.92 Å². The summed E-state index contributed by atoms with van der Waals surface area (Å²) in [4.78, 5) is 12.9. The molecule has 0 aliphatic carbocycles. The van der Waals surface area contributed by atoms with Crippen molar-refractivity contribution in [3.8, 4) is 0 Å². The van der Waals surface area contributed by atoms with Crippen LogP contribution in [-0.2, 0) is 6.42 Å². The van der Waals surface area contributed by atoms with Crippen LogP contribution in [0.1, 0.15) is 20.8 Å². The van der Waals surface area contributed by atoms with Gasteiger partial charge in [0.15, 0.2) is 5.78 Å². The van der Waals surface area contributed by atoms with Crippen LogP contribution in [0.5, 0.6) is 0 Å². The fourth-order valence-corrected chi connectivity index (χ4v) is 3.47. The van der Waals surface area contributed by atoms with E-state index in [1.807, 2.05) is 13.0 Å². The van der Waals surface area contributed by atoms with Gasteiger partial charge in [-0.1, -0.05) is 29.3 Å². The molecule has 0 saturated heterocycles. The van der Waals surface area contributed by atoms with Gasteiger partial charge in [-0.2, -0.15) is 0 Å². The van der Waals surface area contributed by atoms with Crippen molar-refractivity contribution >= 4 is 56.3 Å². The van der Waals surface area contributed by atoms with Gasteiger partial charge in [0.25, 0.3) is 0 Å². The molecule has 0 bridgehead atoms. The normalized spacial score (nSPS) is 10.7. The minimum absolute atomic E-state index is 0.0676. The molecule has 1 aromatic heterocycles. The van der Waals surface area contributed by atoms with Gasteiger partial charge in [0, 0.05) is 16.5 Å². The van der Waals surface area contributed by atoms with Crippen molar-refractivity contribution in [1.82, 2.24) is 0 Å². The number of aryl methyl sites for hydroxylation is 1. The molecule has 1 aromatic carbocycles. The van der Waals surface area contributed by atoms with E-state index in [0.717, 1.165) is 19.8 Å². The fraction of sp³-hybridized carbons (Fsp3) is 0.154. The molecule has 0 fully saturated rings. The number of carbonyl (C=O) groups excluding carboxylic acids is 1. The van der Waals surface area contributed by atoms with Gasteiger partial charge in [0.2, 0.25) is 0 Å². The zero-order valence-electron chi connectivity index (χ0n) is 9.47. The largest absolute Gasteiger partial charge is 0.293 e. The van der Waals surface area contributed by atoms with E-state index in [-0.39, 0.29) is 5.78 Å². The Labute approximate surface area is 128 Å². The van der Waals surface area contributed by atoms with Crippen LogP contribution in [0.25, 0.3) is 0 Å². The Balaban J connectivity index is 2.21. The van der Waals surface area contributed by atoms with Crippen LogP contribution < -0.4 is 0 Å². The fourth-order valence-electron chi connectivity index (χ4n) is 1.52. The molecule has 0 N–H and O–H groups in total. The lowest BCUT2D eigenvalue weighted by atomic mass is 10.1. The Kier molecular flexibility index (Phi) is 4.49. The maximum Gasteiger partial charge on any atom is 0.177 e. The van der Waals surface area contributed by atoms with Crippen LogP contribution in [-0.4, -0.2) is 5.78 Å². The predicted octanol–water partition coefficient (Wildman–Crippen LogP) is 5.55. The zero-order chi connectivity index (χ0) is 13.3. The Bertz CT molecular complexity index is 588. The van der Waals surface area contributed by atoms with Gasteiger partial charge in [-0.25, -0.2) is 0 Å². The summed E-state index contributed by atoms with van der Waals surface area (Å²) in [6.07, 6.45) is 0.294. The third-order valence-corrected chi connectivity index (χ3v) is 5.26. The Morgan fingerprint density at radius 1 is 1.33 bits per heavy atom. The molecular weight excluding hydrogens is 355 g/mol. The second-order valence-corrected chi connectivity index (χ2v) is 7.12. The molecule has 0 atom stereocenters. The van der Waals surface area contributed by atoms with E-state index in [9.17, 15) is 4.79 Å². The molecule has 1 nitrogen and oxygen atoms in total. The quantitative estimate of drug-likeness (QED) is 0.653. The van der Waals surface area contributed by atoms with Crippen LogP contribution >= 0.6 is 50.5 Å². The van der Waals surface area contributed by atoms with E-state index in [2.05, 4.69) is 15.9 Å². The SMILES string of the molecule is Cc1cc(C(=O)Cc2ccc(Cl)cc2Cl)sc1Br. The summed E-state index contributed by atoms with van der Waals surface area (Å²) in [5.74, 6) is 0.0676. The summed E-state index contributed by atoms with van der Waals surface area (Å²) >= 11 is 16.7.